The van der Waals surface area contributed by atoms with Crippen LogP contribution >= 0.6 is 38.9 Å². The minimum atomic E-state index is -0.535. The predicted octanol–water partition coefficient (Wildman–Crippen LogP) is 5.88. The van der Waals surface area contributed by atoms with Crippen LogP contribution in [0.25, 0.3) is 11.1 Å². The summed E-state index contributed by atoms with van der Waals surface area (Å²) in [5.41, 5.74) is 2.08. The minimum Gasteiger partial charge on any atom is -0.496 e. The van der Waals surface area contributed by atoms with E-state index in [4.69, 9.17) is 21.1 Å². The van der Waals surface area contributed by atoms with Gasteiger partial charge >= 0.3 is 5.97 Å². The van der Waals surface area contributed by atoms with Gasteiger partial charge in [0.15, 0.2) is 0 Å². The maximum absolute atomic E-state index is 12.8. The molecule has 0 spiro atoms. The molecule has 0 saturated heterocycles. The summed E-state index contributed by atoms with van der Waals surface area (Å²) in [4.78, 5) is 25.2. The van der Waals surface area contributed by atoms with Crippen molar-refractivity contribution in [1.29, 1.82) is 0 Å². The van der Waals surface area contributed by atoms with Crippen molar-refractivity contribution >= 4 is 55.7 Å². The molecule has 0 aliphatic rings. The third kappa shape index (κ3) is 4.22. The van der Waals surface area contributed by atoms with E-state index in [1.807, 2.05) is 24.3 Å². The van der Waals surface area contributed by atoms with Crippen LogP contribution in [0, 0.1) is 0 Å². The third-order valence-corrected chi connectivity index (χ3v) is 5.63. The number of rotatable bonds is 5. The highest BCUT2D eigenvalue weighted by molar-refractivity contribution is 9.10. The average molecular weight is 481 g/mol. The van der Waals surface area contributed by atoms with Crippen molar-refractivity contribution in [2.45, 2.75) is 0 Å². The van der Waals surface area contributed by atoms with Crippen molar-refractivity contribution in [2.75, 3.05) is 19.5 Å². The molecule has 0 aliphatic heterocycles. The number of ether oxygens (including phenoxy) is 2. The summed E-state index contributed by atoms with van der Waals surface area (Å²) >= 11 is 10.6. The van der Waals surface area contributed by atoms with Gasteiger partial charge in [-0.25, -0.2) is 4.79 Å². The van der Waals surface area contributed by atoms with Crippen molar-refractivity contribution in [1.82, 2.24) is 0 Å². The second-order valence-electron chi connectivity index (χ2n) is 5.65. The maximum Gasteiger partial charge on any atom is 0.341 e. The first-order chi connectivity index (χ1) is 13.4. The average Bonchev–Trinajstić information content (AvgIpc) is 3.11. The summed E-state index contributed by atoms with van der Waals surface area (Å²) in [6.07, 6.45) is 0. The molecule has 2 aromatic carbocycles. The lowest BCUT2D eigenvalue weighted by molar-refractivity contribution is 0.0603. The number of carbonyl (C=O) groups is 2. The minimum absolute atomic E-state index is 0.268. The topological polar surface area (TPSA) is 64.6 Å². The fourth-order valence-electron chi connectivity index (χ4n) is 2.62. The molecule has 0 fully saturated rings. The van der Waals surface area contributed by atoms with Crippen molar-refractivity contribution in [3.63, 3.8) is 0 Å². The van der Waals surface area contributed by atoms with Crippen molar-refractivity contribution < 1.29 is 19.1 Å². The predicted molar refractivity (Wildman–Crippen MR) is 115 cm³/mol. The van der Waals surface area contributed by atoms with E-state index in [-0.39, 0.29) is 5.56 Å². The first kappa shape index (κ1) is 20.4. The van der Waals surface area contributed by atoms with E-state index in [9.17, 15) is 9.59 Å². The van der Waals surface area contributed by atoms with Crippen molar-refractivity contribution in [2.24, 2.45) is 0 Å². The number of halogens is 2. The Morgan fingerprint density at radius 1 is 1.11 bits per heavy atom. The van der Waals surface area contributed by atoms with E-state index in [1.165, 1.54) is 31.6 Å². The lowest BCUT2D eigenvalue weighted by atomic mass is 10.0. The van der Waals surface area contributed by atoms with Crippen LogP contribution in [0.15, 0.2) is 52.3 Å². The molecule has 3 aromatic rings. The Kier molecular flexibility index (Phi) is 6.39. The molecule has 3 rings (SSSR count). The lowest BCUT2D eigenvalue weighted by Gasteiger charge is -2.10. The molecule has 0 aliphatic carbocycles. The van der Waals surface area contributed by atoms with Gasteiger partial charge < -0.3 is 14.8 Å². The molecule has 0 saturated carbocycles. The Morgan fingerprint density at radius 3 is 2.46 bits per heavy atom. The van der Waals surface area contributed by atoms with Gasteiger partial charge in [-0.3, -0.25) is 4.79 Å². The zero-order chi connectivity index (χ0) is 20.3. The molecular formula is C20H15BrClNO4S. The SMILES string of the molecule is COC(=O)c1c(-c2ccc(Br)cc2)csc1NC(=O)c1cc(Cl)ccc1OC. The molecular weight excluding hydrogens is 466 g/mol. The van der Waals surface area contributed by atoms with Gasteiger partial charge in [0.05, 0.1) is 19.8 Å². The largest absolute Gasteiger partial charge is 0.496 e. The van der Waals surface area contributed by atoms with E-state index in [0.717, 1.165) is 10.0 Å². The number of hydrogen-bond donors (Lipinski definition) is 1. The zero-order valence-corrected chi connectivity index (χ0v) is 18.1. The third-order valence-electron chi connectivity index (χ3n) is 3.97. The van der Waals surface area contributed by atoms with Crippen LogP contribution < -0.4 is 10.1 Å². The number of thiophene rings is 1. The van der Waals surface area contributed by atoms with Gasteiger partial charge in [0.1, 0.15) is 16.3 Å². The summed E-state index contributed by atoms with van der Waals surface area (Å²) < 4.78 is 11.1. The number of esters is 1. The number of nitrogens with one attached hydrogen (secondary N) is 1. The number of methoxy groups -OCH3 is 2. The van der Waals surface area contributed by atoms with Gasteiger partial charge in [0, 0.05) is 20.4 Å². The number of anilines is 1. The highest BCUT2D eigenvalue weighted by Crippen LogP contribution is 2.37. The van der Waals surface area contributed by atoms with Gasteiger partial charge in [-0.2, -0.15) is 0 Å². The molecule has 8 heteroatoms. The van der Waals surface area contributed by atoms with Gasteiger partial charge in [0.25, 0.3) is 5.91 Å². The highest BCUT2D eigenvalue weighted by Gasteiger charge is 2.23. The van der Waals surface area contributed by atoms with Gasteiger partial charge in [-0.1, -0.05) is 39.7 Å². The lowest BCUT2D eigenvalue weighted by Crippen LogP contribution is -2.15. The second-order valence-corrected chi connectivity index (χ2v) is 7.88. The molecule has 144 valence electrons. The first-order valence-corrected chi connectivity index (χ1v) is 10.1. The molecule has 0 bridgehead atoms. The van der Waals surface area contributed by atoms with Crippen LogP contribution in [-0.2, 0) is 4.74 Å². The number of benzene rings is 2. The molecule has 1 heterocycles. The smallest absolute Gasteiger partial charge is 0.341 e. The van der Waals surface area contributed by atoms with Crippen LogP contribution in [0.1, 0.15) is 20.7 Å². The van der Waals surface area contributed by atoms with Gasteiger partial charge in [-0.05, 0) is 35.9 Å². The quantitative estimate of drug-likeness (QED) is 0.463. The van der Waals surface area contributed by atoms with Crippen LogP contribution in [0.2, 0.25) is 5.02 Å². The summed E-state index contributed by atoms with van der Waals surface area (Å²) in [6.45, 7) is 0. The molecule has 28 heavy (non-hydrogen) atoms. The molecule has 1 amide bonds. The number of amides is 1. The van der Waals surface area contributed by atoms with Crippen LogP contribution in [0.5, 0.6) is 5.75 Å². The van der Waals surface area contributed by atoms with Gasteiger partial charge in [0.2, 0.25) is 0 Å². The van der Waals surface area contributed by atoms with Crippen molar-refractivity contribution in [3.8, 4) is 16.9 Å². The zero-order valence-electron chi connectivity index (χ0n) is 14.9. The Hall–Kier alpha value is -2.35. The van der Waals surface area contributed by atoms with Crippen LogP contribution in [-0.4, -0.2) is 26.1 Å². The monoisotopic (exact) mass is 479 g/mol. The van der Waals surface area contributed by atoms with E-state index in [1.54, 1.807) is 17.5 Å². The standard InChI is InChI=1S/C20H15BrClNO4S/c1-26-16-8-7-13(22)9-14(16)18(24)23-19-17(20(25)27-2)15(10-28-19)11-3-5-12(21)6-4-11/h3-10H,1-2H3,(H,23,24). The van der Waals surface area contributed by atoms with Crippen LogP contribution in [0.3, 0.4) is 0 Å². The first-order valence-electron chi connectivity index (χ1n) is 8.05. The summed E-state index contributed by atoms with van der Waals surface area (Å²) in [6, 6.07) is 12.3. The summed E-state index contributed by atoms with van der Waals surface area (Å²) in [5, 5.41) is 5.37. The van der Waals surface area contributed by atoms with E-state index >= 15 is 0 Å². The molecule has 1 aromatic heterocycles. The summed E-state index contributed by atoms with van der Waals surface area (Å²) in [7, 11) is 2.77. The Morgan fingerprint density at radius 2 is 1.82 bits per heavy atom. The number of hydrogen-bond acceptors (Lipinski definition) is 5. The molecule has 0 radical (unpaired) electrons. The second kappa shape index (κ2) is 8.77. The summed E-state index contributed by atoms with van der Waals surface area (Å²) in [5.74, 6) is -0.590. The van der Waals surface area contributed by atoms with Crippen LogP contribution in [0.4, 0.5) is 5.00 Å². The Balaban J connectivity index is 2.01. The highest BCUT2D eigenvalue weighted by atomic mass is 79.9. The Labute approximate surface area is 179 Å². The molecule has 1 N–H and O–H groups in total. The molecule has 0 unspecified atom stereocenters. The normalized spacial score (nSPS) is 10.4. The van der Waals surface area contributed by atoms with E-state index in [2.05, 4.69) is 21.2 Å². The fraction of sp³-hybridized carbons (Fsp3) is 0.100. The van der Waals surface area contributed by atoms with E-state index < -0.39 is 11.9 Å². The maximum atomic E-state index is 12.8. The fourth-order valence-corrected chi connectivity index (χ4v) is 4.01. The van der Waals surface area contributed by atoms with Crippen molar-refractivity contribution in [3.05, 3.63) is 68.5 Å². The number of carbonyl (C=O) groups excluding carboxylic acids is 2. The van der Waals surface area contributed by atoms with Gasteiger partial charge in [-0.15, -0.1) is 11.3 Å². The molecule has 0 atom stereocenters. The molecule has 5 nitrogen and oxygen atoms in total. The Bertz CT molecular complexity index is 1030. The van der Waals surface area contributed by atoms with E-state index in [0.29, 0.717) is 26.9 Å².